The third-order valence-corrected chi connectivity index (χ3v) is 5.47. The van der Waals surface area contributed by atoms with Crippen molar-refractivity contribution in [3.63, 3.8) is 0 Å². The number of hydrogen-bond acceptors (Lipinski definition) is 5. The van der Waals surface area contributed by atoms with E-state index in [1.165, 1.54) is 11.8 Å². The van der Waals surface area contributed by atoms with Crippen LogP contribution in [0.2, 0.25) is 0 Å². The maximum Gasteiger partial charge on any atom is 0.234 e. The summed E-state index contributed by atoms with van der Waals surface area (Å²) in [7, 11) is 1.57. The van der Waals surface area contributed by atoms with Gasteiger partial charge in [-0.05, 0) is 26.0 Å². The quantitative estimate of drug-likeness (QED) is 0.615. The highest BCUT2D eigenvalue weighted by molar-refractivity contribution is 8.00. The first-order valence-corrected chi connectivity index (χ1v) is 10.4. The number of fused-ring (bicyclic) bond motifs is 3. The van der Waals surface area contributed by atoms with E-state index in [-0.39, 0.29) is 23.3 Å². The number of nitrogens with zero attached hydrogens (tertiary/aromatic N) is 1. The molecule has 1 aromatic heterocycles. The molecule has 0 unspecified atom stereocenters. The molecule has 7 heteroatoms. The molecule has 1 heterocycles. The zero-order valence-electron chi connectivity index (χ0n) is 16.3. The standard InChI is InChI=1S/C21H24N2O4S/c1-4-23(5-2)21(25)13-28-12-20(24)22-16-11-18-15(10-19(16)26-3)14-8-6-7-9-17(14)27-18/h6-11H,4-5,12-13H2,1-3H3,(H,22,24). The van der Waals surface area contributed by atoms with Gasteiger partial charge in [-0.1, -0.05) is 18.2 Å². The van der Waals surface area contributed by atoms with Crippen molar-refractivity contribution in [3.05, 3.63) is 36.4 Å². The molecule has 0 aliphatic carbocycles. The van der Waals surface area contributed by atoms with Gasteiger partial charge in [0, 0.05) is 29.9 Å². The lowest BCUT2D eigenvalue weighted by Crippen LogP contribution is -2.32. The second-order valence-corrected chi connectivity index (χ2v) is 7.24. The Morgan fingerprint density at radius 1 is 1.07 bits per heavy atom. The molecular weight excluding hydrogens is 376 g/mol. The molecular formula is C21H24N2O4S. The lowest BCUT2D eigenvalue weighted by atomic mass is 10.1. The molecule has 0 bridgehead atoms. The Kier molecular flexibility index (Phi) is 6.46. The van der Waals surface area contributed by atoms with Crippen LogP contribution in [0.25, 0.3) is 21.9 Å². The summed E-state index contributed by atoms with van der Waals surface area (Å²) in [6.45, 7) is 5.24. The van der Waals surface area contributed by atoms with E-state index in [2.05, 4.69) is 5.32 Å². The Balaban J connectivity index is 1.70. The number of hydrogen-bond donors (Lipinski definition) is 1. The van der Waals surface area contributed by atoms with Crippen LogP contribution < -0.4 is 10.1 Å². The fourth-order valence-electron chi connectivity index (χ4n) is 3.10. The number of nitrogens with one attached hydrogen (secondary N) is 1. The highest BCUT2D eigenvalue weighted by Gasteiger charge is 2.15. The van der Waals surface area contributed by atoms with Crippen molar-refractivity contribution in [1.82, 2.24) is 4.90 Å². The number of furan rings is 1. The van der Waals surface area contributed by atoms with Gasteiger partial charge in [-0.2, -0.15) is 0 Å². The van der Waals surface area contributed by atoms with Crippen LogP contribution in [-0.4, -0.2) is 48.4 Å². The number of ether oxygens (including phenoxy) is 1. The van der Waals surface area contributed by atoms with E-state index in [0.29, 0.717) is 30.1 Å². The molecule has 3 aromatic rings. The Bertz CT molecular complexity index is 995. The molecule has 1 N–H and O–H groups in total. The monoisotopic (exact) mass is 400 g/mol. The van der Waals surface area contributed by atoms with E-state index in [0.717, 1.165) is 16.4 Å². The highest BCUT2D eigenvalue weighted by atomic mass is 32.2. The molecule has 0 saturated heterocycles. The minimum absolute atomic E-state index is 0.0454. The fourth-order valence-corrected chi connectivity index (χ4v) is 3.82. The van der Waals surface area contributed by atoms with Crippen LogP contribution in [0.5, 0.6) is 5.75 Å². The van der Waals surface area contributed by atoms with Crippen LogP contribution in [0.15, 0.2) is 40.8 Å². The molecule has 2 amide bonds. The maximum atomic E-state index is 12.3. The number of rotatable bonds is 8. The summed E-state index contributed by atoms with van der Waals surface area (Å²) in [6, 6.07) is 11.4. The van der Waals surface area contributed by atoms with Crippen molar-refractivity contribution < 1.29 is 18.7 Å². The molecule has 0 atom stereocenters. The number of amides is 2. The zero-order chi connectivity index (χ0) is 20.1. The predicted octanol–water partition coefficient (Wildman–Crippen LogP) is 4.13. The van der Waals surface area contributed by atoms with Crippen molar-refractivity contribution in [2.45, 2.75) is 13.8 Å². The summed E-state index contributed by atoms with van der Waals surface area (Å²) < 4.78 is 11.3. The summed E-state index contributed by atoms with van der Waals surface area (Å²) in [6.07, 6.45) is 0. The van der Waals surface area contributed by atoms with Gasteiger partial charge in [0.1, 0.15) is 16.9 Å². The lowest BCUT2D eigenvalue weighted by molar-refractivity contribution is -0.127. The molecule has 148 valence electrons. The number of benzene rings is 2. The highest BCUT2D eigenvalue weighted by Crippen LogP contribution is 2.36. The smallest absolute Gasteiger partial charge is 0.234 e. The Hall–Kier alpha value is -2.67. The van der Waals surface area contributed by atoms with Crippen LogP contribution in [0.3, 0.4) is 0 Å². The first-order valence-electron chi connectivity index (χ1n) is 9.22. The van der Waals surface area contributed by atoms with E-state index in [9.17, 15) is 9.59 Å². The van der Waals surface area contributed by atoms with Crippen molar-refractivity contribution >= 4 is 51.2 Å². The van der Waals surface area contributed by atoms with E-state index >= 15 is 0 Å². The Morgan fingerprint density at radius 2 is 1.82 bits per heavy atom. The summed E-state index contributed by atoms with van der Waals surface area (Å²) in [4.78, 5) is 26.1. The van der Waals surface area contributed by atoms with Crippen LogP contribution >= 0.6 is 11.8 Å². The van der Waals surface area contributed by atoms with E-state index in [1.807, 2.05) is 44.2 Å². The van der Waals surface area contributed by atoms with E-state index in [1.54, 1.807) is 18.1 Å². The normalized spacial score (nSPS) is 11.0. The molecule has 0 aliphatic heterocycles. The lowest BCUT2D eigenvalue weighted by Gasteiger charge is -2.18. The summed E-state index contributed by atoms with van der Waals surface area (Å²) in [5, 5.41) is 4.79. The van der Waals surface area contributed by atoms with E-state index < -0.39 is 0 Å². The van der Waals surface area contributed by atoms with Crippen molar-refractivity contribution in [2.75, 3.05) is 37.0 Å². The molecule has 0 saturated carbocycles. The van der Waals surface area contributed by atoms with Gasteiger partial charge in [-0.25, -0.2) is 0 Å². The van der Waals surface area contributed by atoms with Crippen LogP contribution in [0.1, 0.15) is 13.8 Å². The molecule has 0 radical (unpaired) electrons. The number of thioether (sulfide) groups is 1. The van der Waals surface area contributed by atoms with Gasteiger partial charge < -0.3 is 19.4 Å². The summed E-state index contributed by atoms with van der Waals surface area (Å²) >= 11 is 1.30. The van der Waals surface area contributed by atoms with Crippen LogP contribution in [0, 0.1) is 0 Å². The average Bonchev–Trinajstić information content (AvgIpc) is 3.05. The number of anilines is 1. The third-order valence-electron chi connectivity index (χ3n) is 4.55. The minimum Gasteiger partial charge on any atom is -0.495 e. The topological polar surface area (TPSA) is 71.8 Å². The molecule has 0 spiro atoms. The van der Waals surface area contributed by atoms with Gasteiger partial charge in [0.15, 0.2) is 0 Å². The first-order chi connectivity index (χ1) is 13.6. The molecule has 0 fully saturated rings. The first kappa shape index (κ1) is 20.1. The van der Waals surface area contributed by atoms with E-state index in [4.69, 9.17) is 9.15 Å². The molecule has 0 aliphatic rings. The third kappa shape index (κ3) is 4.25. The predicted molar refractivity (Wildman–Crippen MR) is 114 cm³/mol. The second kappa shape index (κ2) is 9.01. The second-order valence-electron chi connectivity index (χ2n) is 6.25. The van der Waals surface area contributed by atoms with Crippen LogP contribution in [0.4, 0.5) is 5.69 Å². The minimum atomic E-state index is -0.189. The van der Waals surface area contributed by atoms with Crippen LogP contribution in [-0.2, 0) is 9.59 Å². The van der Waals surface area contributed by atoms with Crippen molar-refractivity contribution in [3.8, 4) is 5.75 Å². The molecule has 28 heavy (non-hydrogen) atoms. The summed E-state index contributed by atoms with van der Waals surface area (Å²) in [5.74, 6) is 0.898. The molecule has 3 rings (SSSR count). The number of methoxy groups -OCH3 is 1. The molecule has 6 nitrogen and oxygen atoms in total. The van der Waals surface area contributed by atoms with Gasteiger partial charge in [-0.15, -0.1) is 11.8 Å². The zero-order valence-corrected chi connectivity index (χ0v) is 17.1. The number of carbonyl (C=O) groups is 2. The average molecular weight is 401 g/mol. The van der Waals surface area contributed by atoms with Crippen molar-refractivity contribution in [1.29, 1.82) is 0 Å². The largest absolute Gasteiger partial charge is 0.495 e. The van der Waals surface area contributed by atoms with Gasteiger partial charge >= 0.3 is 0 Å². The Labute approximate surface area is 168 Å². The maximum absolute atomic E-state index is 12.3. The van der Waals surface area contributed by atoms with Gasteiger partial charge in [-0.3, -0.25) is 9.59 Å². The fraction of sp³-hybridized carbons (Fsp3) is 0.333. The molecule has 2 aromatic carbocycles. The number of carbonyl (C=O) groups excluding carboxylic acids is 2. The summed E-state index contributed by atoms with van der Waals surface area (Å²) in [5.41, 5.74) is 2.02. The number of para-hydroxylation sites is 1. The SMILES string of the molecule is CCN(CC)C(=O)CSCC(=O)Nc1cc2oc3ccccc3c2cc1OC. The van der Waals surface area contributed by atoms with Crippen molar-refractivity contribution in [2.24, 2.45) is 0 Å². The Morgan fingerprint density at radius 3 is 2.54 bits per heavy atom. The van der Waals surface area contributed by atoms with Gasteiger partial charge in [0.25, 0.3) is 0 Å². The van der Waals surface area contributed by atoms with Gasteiger partial charge in [0.2, 0.25) is 11.8 Å². The van der Waals surface area contributed by atoms with Gasteiger partial charge in [0.05, 0.1) is 24.3 Å².